The summed E-state index contributed by atoms with van der Waals surface area (Å²) in [5, 5.41) is 6.71. The lowest BCUT2D eigenvalue weighted by Crippen LogP contribution is -2.27. The highest BCUT2D eigenvalue weighted by Crippen LogP contribution is 2.36. The van der Waals surface area contributed by atoms with Crippen molar-refractivity contribution in [2.75, 3.05) is 32.3 Å². The Kier molecular flexibility index (Phi) is 8.89. The molecule has 0 aromatic heterocycles. The van der Waals surface area contributed by atoms with Gasteiger partial charge in [-0.15, -0.1) is 0 Å². The van der Waals surface area contributed by atoms with Crippen LogP contribution in [0.1, 0.15) is 18.1 Å². The van der Waals surface area contributed by atoms with Gasteiger partial charge in [0.15, 0.2) is 18.1 Å². The lowest BCUT2D eigenvalue weighted by molar-refractivity contribution is -0.130. The van der Waals surface area contributed by atoms with Gasteiger partial charge in [0.1, 0.15) is 0 Å². The Labute approximate surface area is 203 Å². The predicted octanol–water partition coefficient (Wildman–Crippen LogP) is 5.36. The summed E-state index contributed by atoms with van der Waals surface area (Å²) >= 11 is 3.56. The molecule has 0 aliphatic carbocycles. The highest BCUT2D eigenvalue weighted by molar-refractivity contribution is 9.10. The number of anilines is 1. The van der Waals surface area contributed by atoms with Gasteiger partial charge in [-0.2, -0.15) is 5.10 Å². The van der Waals surface area contributed by atoms with Crippen molar-refractivity contribution in [2.45, 2.75) is 13.5 Å². The van der Waals surface area contributed by atoms with Gasteiger partial charge in [-0.05, 0) is 58.2 Å². The number of benzene rings is 3. The smallest absolute Gasteiger partial charge is 0.259 e. The molecule has 0 unspecified atom stereocenters. The molecule has 0 saturated heterocycles. The molecule has 7 heteroatoms. The first-order valence-corrected chi connectivity index (χ1v) is 11.5. The van der Waals surface area contributed by atoms with E-state index in [0.717, 1.165) is 16.8 Å². The highest BCUT2D eigenvalue weighted by atomic mass is 79.9. The molecule has 0 aliphatic heterocycles. The Morgan fingerprint density at radius 1 is 1.00 bits per heavy atom. The molecule has 0 atom stereocenters. The minimum atomic E-state index is -0.130. The summed E-state index contributed by atoms with van der Waals surface area (Å²) in [6.07, 6.45) is 1.79. The second-order valence-electron chi connectivity index (χ2n) is 7.46. The fraction of sp³-hybridized carbons (Fsp3) is 0.231. The quantitative estimate of drug-likeness (QED) is 0.273. The summed E-state index contributed by atoms with van der Waals surface area (Å²) in [6.45, 7) is 2.93. The number of ether oxygens (including phenoxy) is 2. The van der Waals surface area contributed by atoms with Gasteiger partial charge in [0.2, 0.25) is 0 Å². The first kappa shape index (κ1) is 24.3. The zero-order valence-electron chi connectivity index (χ0n) is 19.1. The molecule has 1 amide bonds. The van der Waals surface area contributed by atoms with E-state index in [1.54, 1.807) is 20.3 Å². The van der Waals surface area contributed by atoms with Crippen LogP contribution < -0.4 is 14.5 Å². The van der Waals surface area contributed by atoms with Crippen molar-refractivity contribution in [3.8, 4) is 11.5 Å². The second-order valence-corrected chi connectivity index (χ2v) is 8.32. The maximum atomic E-state index is 11.9. The molecule has 0 N–H and O–H groups in total. The number of hydrogen-bond acceptors (Lipinski definition) is 5. The molecule has 0 fully saturated rings. The summed E-state index contributed by atoms with van der Waals surface area (Å²) < 4.78 is 12.2. The van der Waals surface area contributed by atoms with Crippen LogP contribution in [-0.2, 0) is 11.3 Å². The van der Waals surface area contributed by atoms with Crippen molar-refractivity contribution in [3.63, 3.8) is 0 Å². The molecule has 0 spiro atoms. The maximum Gasteiger partial charge on any atom is 0.259 e. The summed E-state index contributed by atoms with van der Waals surface area (Å²) in [6, 6.07) is 24.0. The van der Waals surface area contributed by atoms with Crippen LogP contribution in [0, 0.1) is 0 Å². The minimum absolute atomic E-state index is 0.0715. The van der Waals surface area contributed by atoms with Crippen LogP contribution in [0.4, 0.5) is 5.69 Å². The zero-order chi connectivity index (χ0) is 23.6. The molecule has 3 aromatic carbocycles. The van der Waals surface area contributed by atoms with Gasteiger partial charge in [-0.1, -0.05) is 48.5 Å². The van der Waals surface area contributed by atoms with Gasteiger partial charge in [0.25, 0.3) is 5.91 Å². The average Bonchev–Trinajstić information content (AvgIpc) is 2.82. The number of carbonyl (C=O) groups excluding carboxylic acids is 1. The molecule has 3 aromatic rings. The van der Waals surface area contributed by atoms with E-state index < -0.39 is 0 Å². The van der Waals surface area contributed by atoms with Gasteiger partial charge in [0.05, 0.1) is 29.5 Å². The first-order chi connectivity index (χ1) is 16.0. The lowest BCUT2D eigenvalue weighted by Gasteiger charge is -2.19. The molecule has 33 heavy (non-hydrogen) atoms. The molecule has 3 rings (SSSR count). The average molecular weight is 510 g/mol. The third kappa shape index (κ3) is 7.08. The molecular formula is C26H28BrN3O3. The van der Waals surface area contributed by atoms with Crippen molar-refractivity contribution in [1.82, 2.24) is 4.90 Å². The maximum absolute atomic E-state index is 11.9. The Morgan fingerprint density at radius 3 is 2.30 bits per heavy atom. The van der Waals surface area contributed by atoms with Crippen LogP contribution in [0.15, 0.2) is 82.4 Å². The van der Waals surface area contributed by atoms with E-state index in [4.69, 9.17) is 14.6 Å². The number of nitrogens with zero attached hydrogens (tertiary/aromatic N) is 3. The number of rotatable bonds is 10. The number of hydrazone groups is 1. The van der Waals surface area contributed by atoms with Crippen molar-refractivity contribution < 1.29 is 14.3 Å². The Balaban J connectivity index is 1.87. The summed E-state index contributed by atoms with van der Waals surface area (Å²) in [5.41, 5.74) is 2.98. The number of amides is 1. The largest absolute Gasteiger partial charge is 0.490 e. The third-order valence-electron chi connectivity index (χ3n) is 4.75. The molecule has 0 heterocycles. The number of likely N-dealkylation sites (N-methyl/N-ethyl adjacent to an activating group) is 1. The van der Waals surface area contributed by atoms with E-state index in [2.05, 4.69) is 28.1 Å². The lowest BCUT2D eigenvalue weighted by atomic mass is 10.2. The number of halogens is 1. The molecular weight excluding hydrogens is 482 g/mol. The zero-order valence-corrected chi connectivity index (χ0v) is 20.7. The Hall–Kier alpha value is -3.32. The van der Waals surface area contributed by atoms with E-state index in [1.165, 1.54) is 4.90 Å². The van der Waals surface area contributed by atoms with E-state index in [0.29, 0.717) is 29.1 Å². The molecule has 0 aliphatic rings. The Morgan fingerprint density at radius 2 is 1.67 bits per heavy atom. The monoisotopic (exact) mass is 509 g/mol. The second kappa shape index (κ2) is 12.1. The molecule has 172 valence electrons. The van der Waals surface area contributed by atoms with Gasteiger partial charge in [-0.25, -0.2) is 0 Å². The molecule has 6 nitrogen and oxygen atoms in total. The number of hydrogen-bond donors (Lipinski definition) is 0. The molecule has 0 saturated carbocycles. The highest BCUT2D eigenvalue weighted by Gasteiger charge is 2.15. The van der Waals surface area contributed by atoms with Gasteiger partial charge >= 0.3 is 0 Å². The normalized spacial score (nSPS) is 10.8. The topological polar surface area (TPSA) is 54.4 Å². The summed E-state index contributed by atoms with van der Waals surface area (Å²) in [4.78, 5) is 13.4. The molecule has 0 radical (unpaired) electrons. The SMILES string of the molecule is CCOc1cc(C=NN(Cc2ccccc2)c2ccccc2)cc(Br)c1OCC(=O)N(C)C. The summed E-state index contributed by atoms with van der Waals surface area (Å²) in [7, 11) is 3.38. The van der Waals surface area contributed by atoms with Crippen LogP contribution >= 0.6 is 15.9 Å². The van der Waals surface area contributed by atoms with E-state index >= 15 is 0 Å². The van der Waals surface area contributed by atoms with Gasteiger partial charge < -0.3 is 14.4 Å². The van der Waals surface area contributed by atoms with E-state index in [-0.39, 0.29) is 12.5 Å². The van der Waals surface area contributed by atoms with Gasteiger partial charge in [-0.3, -0.25) is 9.80 Å². The van der Waals surface area contributed by atoms with Crippen molar-refractivity contribution in [2.24, 2.45) is 5.10 Å². The van der Waals surface area contributed by atoms with Crippen LogP contribution in [0.5, 0.6) is 11.5 Å². The fourth-order valence-electron chi connectivity index (χ4n) is 3.02. The third-order valence-corrected chi connectivity index (χ3v) is 5.34. The van der Waals surface area contributed by atoms with Crippen LogP contribution in [-0.4, -0.2) is 44.3 Å². The van der Waals surface area contributed by atoms with Gasteiger partial charge in [0, 0.05) is 14.1 Å². The van der Waals surface area contributed by atoms with Crippen molar-refractivity contribution in [1.29, 1.82) is 0 Å². The number of carbonyl (C=O) groups is 1. The van der Waals surface area contributed by atoms with Crippen LogP contribution in [0.3, 0.4) is 0 Å². The predicted molar refractivity (Wildman–Crippen MR) is 136 cm³/mol. The van der Waals surface area contributed by atoms with E-state index in [9.17, 15) is 4.79 Å². The Bertz CT molecular complexity index is 1070. The van der Waals surface area contributed by atoms with Crippen molar-refractivity contribution in [3.05, 3.63) is 88.4 Å². The fourth-order valence-corrected chi connectivity index (χ4v) is 3.59. The standard InChI is InChI=1S/C26H28BrN3O3/c1-4-32-24-16-21(15-23(27)26(24)33-19-25(31)29(2)3)17-28-30(22-13-9-6-10-14-22)18-20-11-7-5-8-12-20/h5-17H,4,18-19H2,1-3H3. The van der Waals surface area contributed by atoms with Crippen LogP contribution in [0.2, 0.25) is 0 Å². The van der Waals surface area contributed by atoms with E-state index in [1.807, 2.05) is 72.6 Å². The van der Waals surface area contributed by atoms with Crippen LogP contribution in [0.25, 0.3) is 0 Å². The first-order valence-electron chi connectivity index (χ1n) is 10.7. The summed E-state index contributed by atoms with van der Waals surface area (Å²) in [5.74, 6) is 0.914. The number of para-hydroxylation sites is 1. The minimum Gasteiger partial charge on any atom is -0.490 e. The molecule has 0 bridgehead atoms. The van der Waals surface area contributed by atoms with Crippen molar-refractivity contribution >= 4 is 33.7 Å².